The Labute approximate surface area is 151 Å². The molecule has 2 N–H and O–H groups in total. The van der Waals surface area contributed by atoms with Crippen LogP contribution in [0.5, 0.6) is 0 Å². The van der Waals surface area contributed by atoms with E-state index >= 15 is 0 Å². The largest absolute Gasteiger partial charge is 0.355 e. The van der Waals surface area contributed by atoms with E-state index in [1.807, 2.05) is 0 Å². The van der Waals surface area contributed by atoms with Crippen LogP contribution in [0, 0.1) is 17.3 Å². The summed E-state index contributed by atoms with van der Waals surface area (Å²) in [6, 6.07) is -0.432. The van der Waals surface area contributed by atoms with Crippen molar-refractivity contribution in [3.05, 3.63) is 0 Å². The van der Waals surface area contributed by atoms with E-state index in [1.54, 1.807) is 0 Å². The molecule has 0 radical (unpaired) electrons. The Kier molecular flexibility index (Phi) is 5.79. The molecule has 2 rings (SSSR count). The molecular weight excluding hydrogens is 318 g/mol. The Hall–Kier alpha value is -1.59. The van der Waals surface area contributed by atoms with Gasteiger partial charge in [-0.3, -0.25) is 14.5 Å². The number of amides is 4. The van der Waals surface area contributed by atoms with Crippen molar-refractivity contribution in [1.82, 2.24) is 15.5 Å². The summed E-state index contributed by atoms with van der Waals surface area (Å²) >= 11 is 0. The van der Waals surface area contributed by atoms with Gasteiger partial charge in [0, 0.05) is 6.54 Å². The molecule has 25 heavy (non-hydrogen) atoms. The smallest absolute Gasteiger partial charge is 0.325 e. The predicted molar refractivity (Wildman–Crippen MR) is 96.9 cm³/mol. The van der Waals surface area contributed by atoms with Gasteiger partial charge in [-0.1, -0.05) is 34.6 Å². The zero-order valence-electron chi connectivity index (χ0n) is 16.3. The van der Waals surface area contributed by atoms with Crippen LogP contribution in [0.25, 0.3) is 0 Å². The number of nitrogens with one attached hydrogen (secondary N) is 2. The second kappa shape index (κ2) is 7.34. The van der Waals surface area contributed by atoms with Crippen LogP contribution in [-0.2, 0) is 9.59 Å². The lowest BCUT2D eigenvalue weighted by Crippen LogP contribution is -2.51. The quantitative estimate of drug-likeness (QED) is 0.748. The summed E-state index contributed by atoms with van der Waals surface area (Å²) < 4.78 is 0. The maximum Gasteiger partial charge on any atom is 0.325 e. The highest BCUT2D eigenvalue weighted by molar-refractivity contribution is 6.09. The van der Waals surface area contributed by atoms with Gasteiger partial charge in [0.25, 0.3) is 5.91 Å². The lowest BCUT2D eigenvalue weighted by Gasteiger charge is -2.40. The molecule has 1 aliphatic carbocycles. The molecule has 1 saturated heterocycles. The van der Waals surface area contributed by atoms with Crippen LogP contribution in [0.15, 0.2) is 0 Å². The van der Waals surface area contributed by atoms with Crippen molar-refractivity contribution in [3.8, 4) is 0 Å². The minimum atomic E-state index is -0.795. The van der Waals surface area contributed by atoms with E-state index in [9.17, 15) is 14.4 Å². The van der Waals surface area contributed by atoms with Crippen molar-refractivity contribution in [3.63, 3.8) is 0 Å². The highest BCUT2D eigenvalue weighted by Gasteiger charge is 2.53. The minimum Gasteiger partial charge on any atom is -0.355 e. The first-order valence-corrected chi connectivity index (χ1v) is 9.46. The standard InChI is InChI=1S/C19H33N3O3/c1-13(2)8-11-20-15(23)12-22-16(24)19(21-17(22)25)9-6-14(7-10-19)18(3,4)5/h13-14H,6-12H2,1-5H3,(H,20,23)(H,21,25). The Bertz CT molecular complexity index is 529. The van der Waals surface area contributed by atoms with Gasteiger partial charge in [0.05, 0.1) is 0 Å². The molecule has 6 heteroatoms. The van der Waals surface area contributed by atoms with E-state index < -0.39 is 11.6 Å². The number of carbonyl (C=O) groups is 3. The van der Waals surface area contributed by atoms with Gasteiger partial charge in [-0.15, -0.1) is 0 Å². The molecule has 1 aliphatic heterocycles. The lowest BCUT2D eigenvalue weighted by atomic mass is 9.67. The average Bonchev–Trinajstić information content (AvgIpc) is 2.71. The molecule has 1 spiro atoms. The van der Waals surface area contributed by atoms with Crippen LogP contribution in [0.2, 0.25) is 0 Å². The highest BCUT2D eigenvalue weighted by atomic mass is 16.2. The van der Waals surface area contributed by atoms with Gasteiger partial charge in [-0.25, -0.2) is 4.79 Å². The summed E-state index contributed by atoms with van der Waals surface area (Å²) in [7, 11) is 0. The van der Waals surface area contributed by atoms with Gasteiger partial charge in [0.15, 0.2) is 0 Å². The summed E-state index contributed by atoms with van der Waals surface area (Å²) in [5, 5.41) is 5.67. The summed E-state index contributed by atoms with van der Waals surface area (Å²) in [5.41, 5.74) is -0.583. The highest BCUT2D eigenvalue weighted by Crippen LogP contribution is 2.43. The zero-order chi connectivity index (χ0) is 18.8. The van der Waals surface area contributed by atoms with Gasteiger partial charge in [0.2, 0.25) is 5.91 Å². The number of urea groups is 1. The van der Waals surface area contributed by atoms with Crippen molar-refractivity contribution >= 4 is 17.8 Å². The van der Waals surface area contributed by atoms with Gasteiger partial charge in [0.1, 0.15) is 12.1 Å². The third-order valence-electron chi connectivity index (χ3n) is 5.66. The minimum absolute atomic E-state index is 0.187. The first-order chi connectivity index (χ1) is 11.5. The Morgan fingerprint density at radius 1 is 1.28 bits per heavy atom. The topological polar surface area (TPSA) is 78.5 Å². The molecule has 6 nitrogen and oxygen atoms in total. The van der Waals surface area contributed by atoms with Gasteiger partial charge < -0.3 is 10.6 Å². The molecule has 2 aliphatic rings. The van der Waals surface area contributed by atoms with Crippen LogP contribution < -0.4 is 10.6 Å². The molecule has 0 atom stereocenters. The maximum absolute atomic E-state index is 12.8. The lowest BCUT2D eigenvalue weighted by molar-refractivity contribution is -0.136. The number of hydrogen-bond acceptors (Lipinski definition) is 3. The first kappa shape index (κ1) is 19.7. The molecule has 0 aromatic rings. The van der Waals surface area contributed by atoms with Gasteiger partial charge in [-0.05, 0) is 49.4 Å². The second-order valence-electron chi connectivity index (χ2n) is 9.08. The van der Waals surface area contributed by atoms with Crippen molar-refractivity contribution in [2.45, 2.75) is 72.3 Å². The molecule has 2 fully saturated rings. The third kappa shape index (κ3) is 4.53. The Morgan fingerprint density at radius 2 is 1.88 bits per heavy atom. The fourth-order valence-electron chi connectivity index (χ4n) is 3.84. The van der Waals surface area contributed by atoms with E-state index in [0.717, 1.165) is 24.2 Å². The number of nitrogens with zero attached hydrogens (tertiary/aromatic N) is 1. The Morgan fingerprint density at radius 3 is 2.40 bits per heavy atom. The van der Waals surface area contributed by atoms with Gasteiger partial charge >= 0.3 is 6.03 Å². The summed E-state index contributed by atoms with van der Waals surface area (Å²) in [5.74, 6) is 0.544. The molecular formula is C19H33N3O3. The SMILES string of the molecule is CC(C)CCNC(=O)CN1C(=O)NC2(CCC(C(C)(C)C)CC2)C1=O. The molecule has 0 aromatic heterocycles. The normalized spacial score (nSPS) is 27.1. The van der Waals surface area contributed by atoms with Crippen molar-refractivity contribution in [2.75, 3.05) is 13.1 Å². The van der Waals surface area contributed by atoms with E-state index in [4.69, 9.17) is 0 Å². The summed E-state index contributed by atoms with van der Waals surface area (Å²) in [6.07, 6.45) is 4.04. The van der Waals surface area contributed by atoms with E-state index in [1.165, 1.54) is 0 Å². The van der Waals surface area contributed by atoms with Crippen LogP contribution in [-0.4, -0.2) is 41.4 Å². The van der Waals surface area contributed by atoms with Crippen LogP contribution in [0.3, 0.4) is 0 Å². The van der Waals surface area contributed by atoms with Crippen LogP contribution >= 0.6 is 0 Å². The molecule has 4 amide bonds. The van der Waals surface area contributed by atoms with E-state index in [2.05, 4.69) is 45.3 Å². The number of rotatable bonds is 5. The fraction of sp³-hybridized carbons (Fsp3) is 0.842. The molecule has 0 unspecified atom stereocenters. The monoisotopic (exact) mass is 351 g/mol. The van der Waals surface area contributed by atoms with Crippen LogP contribution in [0.1, 0.15) is 66.7 Å². The van der Waals surface area contributed by atoms with Crippen molar-refractivity contribution < 1.29 is 14.4 Å². The molecule has 1 saturated carbocycles. The average molecular weight is 351 g/mol. The fourth-order valence-corrected chi connectivity index (χ4v) is 3.84. The van der Waals surface area contributed by atoms with Gasteiger partial charge in [-0.2, -0.15) is 0 Å². The van der Waals surface area contributed by atoms with E-state index in [-0.39, 0.29) is 23.8 Å². The Balaban J connectivity index is 1.93. The van der Waals surface area contributed by atoms with Crippen LogP contribution in [0.4, 0.5) is 4.79 Å². The second-order valence-corrected chi connectivity index (χ2v) is 9.08. The number of imide groups is 1. The zero-order valence-corrected chi connectivity index (χ0v) is 16.3. The third-order valence-corrected chi connectivity index (χ3v) is 5.66. The molecule has 142 valence electrons. The molecule has 0 bridgehead atoms. The van der Waals surface area contributed by atoms with Crippen molar-refractivity contribution in [2.24, 2.45) is 17.3 Å². The maximum atomic E-state index is 12.8. The number of carbonyl (C=O) groups excluding carboxylic acids is 3. The van der Waals surface area contributed by atoms with Crippen molar-refractivity contribution in [1.29, 1.82) is 0 Å². The molecule has 0 aromatic carbocycles. The number of hydrogen-bond donors (Lipinski definition) is 2. The van der Waals surface area contributed by atoms with E-state index in [0.29, 0.717) is 31.2 Å². The summed E-state index contributed by atoms with van der Waals surface area (Å²) in [4.78, 5) is 38.2. The first-order valence-electron chi connectivity index (χ1n) is 9.46. The molecule has 1 heterocycles. The summed E-state index contributed by atoms with van der Waals surface area (Å²) in [6.45, 7) is 11.2. The predicted octanol–water partition coefficient (Wildman–Crippen LogP) is 2.68.